The number of nitrogens with one attached hydrogen (secondary N) is 2. The van der Waals surface area contributed by atoms with Gasteiger partial charge >= 0.3 is 0 Å². The second-order valence-corrected chi connectivity index (χ2v) is 3.78. The molecule has 0 bridgehead atoms. The highest BCUT2D eigenvalue weighted by Crippen LogP contribution is 2.06. The molecule has 6 nitrogen and oxygen atoms in total. The minimum Gasteiger partial charge on any atom is -0.389 e. The van der Waals surface area contributed by atoms with Crippen LogP contribution in [0.3, 0.4) is 0 Å². The minimum absolute atomic E-state index is 0.000576. The Morgan fingerprint density at radius 1 is 1.62 bits per heavy atom. The number of nitriles is 1. The lowest BCUT2D eigenvalue weighted by atomic mass is 10.0. The van der Waals surface area contributed by atoms with E-state index in [2.05, 4.69) is 10.6 Å². The summed E-state index contributed by atoms with van der Waals surface area (Å²) in [4.78, 5) is 11.1. The van der Waals surface area contributed by atoms with E-state index in [1.807, 2.05) is 6.07 Å². The van der Waals surface area contributed by atoms with Gasteiger partial charge in [-0.15, -0.1) is 0 Å². The molecule has 0 radical (unpaired) electrons. The van der Waals surface area contributed by atoms with Gasteiger partial charge in [0.25, 0.3) is 0 Å². The molecule has 0 saturated carbocycles. The average molecular weight is 229 g/mol. The number of hydrogen-bond acceptors (Lipinski definition) is 5. The molecule has 0 aliphatic carbocycles. The number of methoxy groups -OCH3 is 1. The van der Waals surface area contributed by atoms with Crippen molar-refractivity contribution in [3.8, 4) is 6.07 Å². The lowest BCUT2D eigenvalue weighted by Gasteiger charge is -2.23. The highest BCUT2D eigenvalue weighted by atomic mass is 16.5. The lowest BCUT2D eigenvalue weighted by Crippen LogP contribution is -2.43. The lowest BCUT2D eigenvalue weighted by molar-refractivity contribution is -0.120. The molecule has 6 heteroatoms. The molecule has 0 fully saturated rings. The van der Waals surface area contributed by atoms with Crippen LogP contribution in [-0.4, -0.2) is 50.0 Å². The maximum absolute atomic E-state index is 11.1. The number of aliphatic hydroxyl groups is 1. The smallest absolute Gasteiger partial charge is 0.234 e. The van der Waals surface area contributed by atoms with E-state index in [1.165, 1.54) is 0 Å². The Labute approximate surface area is 95.6 Å². The summed E-state index contributed by atoms with van der Waals surface area (Å²) >= 11 is 0. The summed E-state index contributed by atoms with van der Waals surface area (Å²) in [7, 11) is 1.57. The van der Waals surface area contributed by atoms with Crippen LogP contribution in [0.15, 0.2) is 0 Å². The molecule has 0 rings (SSSR count). The Bertz CT molecular complexity index is 248. The quantitative estimate of drug-likeness (QED) is 0.464. The Balaban J connectivity index is 3.63. The van der Waals surface area contributed by atoms with Crippen molar-refractivity contribution < 1.29 is 14.6 Å². The van der Waals surface area contributed by atoms with E-state index in [-0.39, 0.29) is 19.0 Å². The monoisotopic (exact) mass is 229 g/mol. The van der Waals surface area contributed by atoms with Crippen LogP contribution in [-0.2, 0) is 9.53 Å². The molecule has 0 heterocycles. The van der Waals surface area contributed by atoms with Crippen molar-refractivity contribution in [2.24, 2.45) is 0 Å². The molecule has 92 valence electrons. The van der Waals surface area contributed by atoms with E-state index in [4.69, 9.17) is 10.00 Å². The number of carbonyl (C=O) groups excluding carboxylic acids is 1. The number of amides is 1. The van der Waals surface area contributed by atoms with E-state index >= 15 is 0 Å². The third-order valence-corrected chi connectivity index (χ3v) is 2.00. The SMILES string of the molecule is COCCC(C)(O)CNCC(=O)NCC#N. The second kappa shape index (κ2) is 8.05. The predicted molar refractivity (Wildman–Crippen MR) is 58.6 cm³/mol. The Morgan fingerprint density at radius 3 is 2.88 bits per heavy atom. The zero-order valence-corrected chi connectivity index (χ0v) is 9.75. The van der Waals surface area contributed by atoms with Gasteiger partial charge in [0.15, 0.2) is 0 Å². The van der Waals surface area contributed by atoms with Gasteiger partial charge in [0.1, 0.15) is 6.54 Å². The van der Waals surface area contributed by atoms with Gasteiger partial charge in [-0.05, 0) is 6.92 Å². The third kappa shape index (κ3) is 8.17. The largest absolute Gasteiger partial charge is 0.389 e. The maximum Gasteiger partial charge on any atom is 0.234 e. The fraction of sp³-hybridized carbons (Fsp3) is 0.800. The van der Waals surface area contributed by atoms with E-state index < -0.39 is 5.60 Å². The molecule has 0 aliphatic rings. The molecule has 16 heavy (non-hydrogen) atoms. The summed E-state index contributed by atoms with van der Waals surface area (Å²) in [6, 6.07) is 1.81. The molecule has 1 atom stereocenters. The van der Waals surface area contributed by atoms with Crippen LogP contribution in [0.4, 0.5) is 0 Å². The summed E-state index contributed by atoms with van der Waals surface area (Å²) in [5.41, 5.74) is -0.897. The zero-order chi connectivity index (χ0) is 12.4. The highest BCUT2D eigenvalue weighted by Gasteiger charge is 2.19. The summed E-state index contributed by atoms with van der Waals surface area (Å²) in [5.74, 6) is -0.260. The fourth-order valence-electron chi connectivity index (χ4n) is 1.06. The molecule has 0 aliphatic heterocycles. The van der Waals surface area contributed by atoms with Crippen molar-refractivity contribution >= 4 is 5.91 Å². The molecular formula is C10H19N3O3. The molecular weight excluding hydrogens is 210 g/mol. The molecule has 0 aromatic carbocycles. The third-order valence-electron chi connectivity index (χ3n) is 2.00. The molecule has 0 saturated heterocycles. The van der Waals surface area contributed by atoms with Gasteiger partial charge in [0.2, 0.25) is 5.91 Å². The normalized spacial score (nSPS) is 13.9. The first-order valence-corrected chi connectivity index (χ1v) is 5.07. The first kappa shape index (κ1) is 14.8. The molecule has 3 N–H and O–H groups in total. The summed E-state index contributed by atoms with van der Waals surface area (Å²) in [5, 5.41) is 23.2. The summed E-state index contributed by atoms with van der Waals surface area (Å²) in [6.07, 6.45) is 0.496. The van der Waals surface area contributed by atoms with Crippen LogP contribution in [0.2, 0.25) is 0 Å². The molecule has 1 unspecified atom stereocenters. The van der Waals surface area contributed by atoms with Crippen LogP contribution >= 0.6 is 0 Å². The summed E-state index contributed by atoms with van der Waals surface area (Å²) in [6.45, 7) is 2.53. The van der Waals surface area contributed by atoms with Gasteiger partial charge in [-0.2, -0.15) is 5.26 Å². The van der Waals surface area contributed by atoms with Gasteiger partial charge < -0.3 is 20.5 Å². The first-order chi connectivity index (χ1) is 7.52. The van der Waals surface area contributed by atoms with Crippen molar-refractivity contribution in [3.05, 3.63) is 0 Å². The van der Waals surface area contributed by atoms with Crippen LogP contribution in [0.1, 0.15) is 13.3 Å². The fourth-order valence-corrected chi connectivity index (χ4v) is 1.06. The number of carbonyl (C=O) groups is 1. The van der Waals surface area contributed by atoms with Crippen LogP contribution in [0, 0.1) is 11.3 Å². The topological polar surface area (TPSA) is 94.4 Å². The number of ether oxygens (including phenoxy) is 1. The van der Waals surface area contributed by atoms with Crippen LogP contribution in [0.5, 0.6) is 0 Å². The van der Waals surface area contributed by atoms with Gasteiger partial charge in [0.05, 0.1) is 18.2 Å². The molecule has 0 aromatic rings. The maximum atomic E-state index is 11.1. The second-order valence-electron chi connectivity index (χ2n) is 3.78. The first-order valence-electron chi connectivity index (χ1n) is 5.07. The molecule has 0 spiro atoms. The van der Waals surface area contributed by atoms with Gasteiger partial charge in [0, 0.05) is 26.7 Å². The number of hydrogen-bond donors (Lipinski definition) is 3. The summed E-state index contributed by atoms with van der Waals surface area (Å²) < 4.78 is 4.86. The number of rotatable bonds is 8. The molecule has 0 aromatic heterocycles. The minimum atomic E-state index is -0.897. The standard InChI is InChI=1S/C10H19N3O3/c1-10(15,3-6-16-2)8-12-7-9(14)13-5-4-11/h12,15H,3,5-8H2,1-2H3,(H,13,14). The van der Waals surface area contributed by atoms with E-state index in [9.17, 15) is 9.90 Å². The Hall–Kier alpha value is -1.16. The van der Waals surface area contributed by atoms with Crippen molar-refractivity contribution in [2.45, 2.75) is 18.9 Å². The highest BCUT2D eigenvalue weighted by molar-refractivity contribution is 5.78. The Morgan fingerprint density at radius 2 is 2.31 bits per heavy atom. The van der Waals surface area contributed by atoms with Gasteiger partial charge in [-0.1, -0.05) is 0 Å². The van der Waals surface area contributed by atoms with Crippen molar-refractivity contribution in [2.75, 3.05) is 33.4 Å². The van der Waals surface area contributed by atoms with E-state index in [1.54, 1.807) is 14.0 Å². The van der Waals surface area contributed by atoms with Crippen LogP contribution < -0.4 is 10.6 Å². The van der Waals surface area contributed by atoms with E-state index in [0.29, 0.717) is 19.6 Å². The number of nitrogens with zero attached hydrogens (tertiary/aromatic N) is 1. The molecule has 1 amide bonds. The predicted octanol–water partition coefficient (Wildman–Crippen LogP) is -0.997. The van der Waals surface area contributed by atoms with Crippen molar-refractivity contribution in [1.29, 1.82) is 5.26 Å². The average Bonchev–Trinajstić information content (AvgIpc) is 2.23. The van der Waals surface area contributed by atoms with Crippen molar-refractivity contribution in [3.63, 3.8) is 0 Å². The Kier molecular flexibility index (Phi) is 7.46. The van der Waals surface area contributed by atoms with Gasteiger partial charge in [-0.3, -0.25) is 4.79 Å². The van der Waals surface area contributed by atoms with Crippen LogP contribution in [0.25, 0.3) is 0 Å². The zero-order valence-electron chi connectivity index (χ0n) is 9.75. The van der Waals surface area contributed by atoms with E-state index in [0.717, 1.165) is 0 Å². The van der Waals surface area contributed by atoms with Crippen molar-refractivity contribution in [1.82, 2.24) is 10.6 Å². The van der Waals surface area contributed by atoms with Gasteiger partial charge in [-0.25, -0.2) is 0 Å².